The minimum atomic E-state index is -1.12. The maximum absolute atomic E-state index is 11.8. The highest BCUT2D eigenvalue weighted by molar-refractivity contribution is 5.93. The van der Waals surface area contributed by atoms with Crippen LogP contribution in [0, 0.1) is 5.92 Å². The van der Waals surface area contributed by atoms with E-state index in [1.165, 1.54) is 0 Å². The summed E-state index contributed by atoms with van der Waals surface area (Å²) < 4.78 is 10.5. The first kappa shape index (κ1) is 13.1. The van der Waals surface area contributed by atoms with E-state index in [1.807, 2.05) is 0 Å². The molecule has 0 aromatic heterocycles. The van der Waals surface area contributed by atoms with Gasteiger partial charge in [0.1, 0.15) is 12.2 Å². The summed E-state index contributed by atoms with van der Waals surface area (Å²) in [5.41, 5.74) is -0.269. The first-order valence-electron chi connectivity index (χ1n) is 6.59. The molecule has 1 aliphatic carbocycles. The largest absolute Gasteiger partial charge is 0.458 e. The number of hydrogen-bond donors (Lipinski definition) is 1. The van der Waals surface area contributed by atoms with Crippen molar-refractivity contribution in [2.75, 3.05) is 0 Å². The molecule has 5 heteroatoms. The summed E-state index contributed by atoms with van der Waals surface area (Å²) in [6, 6.07) is 0. The number of ether oxygens (including phenoxy) is 2. The van der Waals surface area contributed by atoms with Crippen LogP contribution in [-0.2, 0) is 19.1 Å². The van der Waals surface area contributed by atoms with Gasteiger partial charge in [0.05, 0.1) is 5.60 Å². The molecule has 0 unspecified atom stereocenters. The first-order chi connectivity index (χ1) is 9.35. The molecule has 0 spiro atoms. The quantitative estimate of drug-likeness (QED) is 0.406. The van der Waals surface area contributed by atoms with Crippen molar-refractivity contribution in [3.8, 4) is 0 Å². The van der Waals surface area contributed by atoms with Crippen LogP contribution in [0.25, 0.3) is 0 Å². The molecule has 20 heavy (non-hydrogen) atoms. The van der Waals surface area contributed by atoms with Crippen molar-refractivity contribution >= 4 is 11.9 Å². The molecule has 1 N–H and O–H groups in total. The predicted molar refractivity (Wildman–Crippen MR) is 69.5 cm³/mol. The van der Waals surface area contributed by atoms with E-state index in [4.69, 9.17) is 9.47 Å². The predicted octanol–water partition coefficient (Wildman–Crippen LogP) is 1.04. The van der Waals surface area contributed by atoms with Crippen molar-refractivity contribution in [3.05, 3.63) is 36.0 Å². The Morgan fingerprint density at radius 1 is 1.35 bits per heavy atom. The molecule has 0 aromatic carbocycles. The van der Waals surface area contributed by atoms with Gasteiger partial charge in [0, 0.05) is 29.9 Å². The molecule has 4 atom stereocenters. The smallest absolute Gasteiger partial charge is 0.334 e. The van der Waals surface area contributed by atoms with Crippen LogP contribution in [0.5, 0.6) is 0 Å². The fraction of sp³-hybridized carbons (Fsp3) is 0.467. The lowest BCUT2D eigenvalue weighted by Gasteiger charge is -2.23. The van der Waals surface area contributed by atoms with Crippen LogP contribution < -0.4 is 0 Å². The summed E-state index contributed by atoms with van der Waals surface area (Å²) in [4.78, 5) is 23.4. The van der Waals surface area contributed by atoms with Crippen LogP contribution in [0.15, 0.2) is 36.0 Å². The first-order valence-corrected chi connectivity index (χ1v) is 6.59. The number of aliphatic hydroxyl groups is 1. The molecular formula is C15H16O5. The Balaban J connectivity index is 1.98. The lowest BCUT2D eigenvalue weighted by molar-refractivity contribution is -0.143. The Morgan fingerprint density at radius 2 is 2.10 bits per heavy atom. The number of rotatable bonds is 0. The molecule has 2 heterocycles. The summed E-state index contributed by atoms with van der Waals surface area (Å²) in [6.45, 7) is 5.37. The molecule has 2 aliphatic heterocycles. The lowest BCUT2D eigenvalue weighted by atomic mass is 9.87. The van der Waals surface area contributed by atoms with E-state index in [9.17, 15) is 14.7 Å². The number of carbonyl (C=O) groups is 2. The van der Waals surface area contributed by atoms with Crippen LogP contribution in [0.4, 0.5) is 0 Å². The maximum atomic E-state index is 11.8. The van der Waals surface area contributed by atoms with Crippen LogP contribution in [0.3, 0.4) is 0 Å². The zero-order chi connectivity index (χ0) is 14.5. The van der Waals surface area contributed by atoms with Crippen LogP contribution >= 0.6 is 0 Å². The summed E-state index contributed by atoms with van der Waals surface area (Å²) in [7, 11) is 0. The fourth-order valence-electron chi connectivity index (χ4n) is 2.85. The highest BCUT2D eigenvalue weighted by atomic mass is 16.6. The molecule has 5 nitrogen and oxygen atoms in total. The van der Waals surface area contributed by atoms with Gasteiger partial charge in [-0.05, 0) is 13.0 Å². The third-order valence-electron chi connectivity index (χ3n) is 3.93. The average molecular weight is 276 g/mol. The van der Waals surface area contributed by atoms with E-state index in [0.717, 1.165) is 0 Å². The van der Waals surface area contributed by atoms with Gasteiger partial charge in [-0.15, -0.1) is 0 Å². The van der Waals surface area contributed by atoms with Gasteiger partial charge < -0.3 is 14.6 Å². The minimum absolute atomic E-state index is 0.289. The Morgan fingerprint density at radius 3 is 2.85 bits per heavy atom. The number of carbonyl (C=O) groups excluding carboxylic acids is 2. The van der Waals surface area contributed by atoms with Crippen LogP contribution in [-0.4, -0.2) is 34.9 Å². The van der Waals surface area contributed by atoms with E-state index >= 15 is 0 Å². The third-order valence-corrected chi connectivity index (χ3v) is 3.93. The van der Waals surface area contributed by atoms with Gasteiger partial charge in [0.2, 0.25) is 0 Å². The van der Waals surface area contributed by atoms with Gasteiger partial charge in [-0.1, -0.05) is 18.7 Å². The molecule has 2 bridgehead atoms. The maximum Gasteiger partial charge on any atom is 0.334 e. The topological polar surface area (TPSA) is 72.8 Å². The highest BCUT2D eigenvalue weighted by Gasteiger charge is 2.41. The summed E-state index contributed by atoms with van der Waals surface area (Å²) in [6.07, 6.45) is 4.79. The molecule has 0 radical (unpaired) electrons. The zero-order valence-electron chi connectivity index (χ0n) is 11.2. The van der Waals surface area contributed by atoms with E-state index in [1.54, 1.807) is 25.2 Å². The molecule has 3 aliphatic rings. The molecule has 1 saturated heterocycles. The molecule has 0 amide bonds. The van der Waals surface area contributed by atoms with Gasteiger partial charge in [0.15, 0.2) is 0 Å². The van der Waals surface area contributed by atoms with Crippen molar-refractivity contribution in [2.45, 2.75) is 37.6 Å². The summed E-state index contributed by atoms with van der Waals surface area (Å²) in [5.74, 6) is -1.17. The fourth-order valence-corrected chi connectivity index (χ4v) is 2.85. The number of esters is 2. The van der Waals surface area contributed by atoms with Crippen molar-refractivity contribution in [2.24, 2.45) is 5.92 Å². The molecule has 0 aromatic rings. The Bertz CT molecular complexity index is 555. The second-order valence-electron chi connectivity index (χ2n) is 5.75. The zero-order valence-corrected chi connectivity index (χ0v) is 11.2. The van der Waals surface area contributed by atoms with Gasteiger partial charge in [-0.2, -0.15) is 0 Å². The van der Waals surface area contributed by atoms with Gasteiger partial charge >= 0.3 is 11.9 Å². The van der Waals surface area contributed by atoms with E-state index < -0.39 is 29.7 Å². The van der Waals surface area contributed by atoms with Crippen molar-refractivity contribution in [1.29, 1.82) is 0 Å². The summed E-state index contributed by atoms with van der Waals surface area (Å²) in [5, 5.41) is 10.3. The Hall–Kier alpha value is -1.88. The Kier molecular flexibility index (Phi) is 2.83. The summed E-state index contributed by atoms with van der Waals surface area (Å²) >= 11 is 0. The number of hydrogen-bond acceptors (Lipinski definition) is 5. The standard InChI is InChI=1S/C15H16O5/c1-8-11-3-4-15(2,18)7-10-5-9(14(17)19-10)6-12(11)20-13(8)16/h3-5,10-12,18H,1,6-7H2,2H3/b4-3+/t10-,11+,12-,15-/m0/s1. The van der Waals surface area contributed by atoms with Gasteiger partial charge in [0.25, 0.3) is 0 Å². The Labute approximate surface area is 116 Å². The monoisotopic (exact) mass is 276 g/mol. The molecular weight excluding hydrogens is 260 g/mol. The van der Waals surface area contributed by atoms with Gasteiger partial charge in [-0.3, -0.25) is 0 Å². The average Bonchev–Trinajstić information content (AvgIpc) is 2.79. The molecule has 3 rings (SSSR count). The minimum Gasteiger partial charge on any atom is -0.458 e. The van der Waals surface area contributed by atoms with E-state index in [2.05, 4.69) is 6.58 Å². The van der Waals surface area contributed by atoms with Gasteiger partial charge in [-0.25, -0.2) is 9.59 Å². The normalized spacial score (nSPS) is 41.6. The van der Waals surface area contributed by atoms with Crippen LogP contribution in [0.2, 0.25) is 0 Å². The molecule has 0 saturated carbocycles. The number of fused-ring (bicyclic) bond motifs is 2. The van der Waals surface area contributed by atoms with Crippen molar-refractivity contribution < 1.29 is 24.2 Å². The van der Waals surface area contributed by atoms with E-state index in [0.29, 0.717) is 17.6 Å². The van der Waals surface area contributed by atoms with E-state index in [-0.39, 0.29) is 12.3 Å². The van der Waals surface area contributed by atoms with Crippen molar-refractivity contribution in [3.63, 3.8) is 0 Å². The lowest BCUT2D eigenvalue weighted by Crippen LogP contribution is -2.28. The second kappa shape index (κ2) is 4.31. The third kappa shape index (κ3) is 2.18. The molecule has 106 valence electrons. The molecule has 1 fully saturated rings. The van der Waals surface area contributed by atoms with Crippen LogP contribution in [0.1, 0.15) is 19.8 Å². The SMILES string of the molecule is C=C1C(=O)O[C@H]2CC3=C[C@@H](C[C@@](C)(O)/C=C/[C@H]12)OC3=O. The van der Waals surface area contributed by atoms with Crippen molar-refractivity contribution in [1.82, 2.24) is 0 Å². The highest BCUT2D eigenvalue weighted by Crippen LogP contribution is 2.36. The second-order valence-corrected chi connectivity index (χ2v) is 5.75.